The first-order valence-electron chi connectivity index (χ1n) is 9.31. The molecule has 0 radical (unpaired) electrons. The smallest absolute Gasteiger partial charge is 0.223 e. The van der Waals surface area contributed by atoms with Gasteiger partial charge in [-0.25, -0.2) is 0 Å². The highest BCUT2D eigenvalue weighted by Crippen LogP contribution is 2.31. The quantitative estimate of drug-likeness (QED) is 0.805. The van der Waals surface area contributed by atoms with Gasteiger partial charge in [-0.1, -0.05) is 25.7 Å². The van der Waals surface area contributed by atoms with E-state index < -0.39 is 0 Å². The molecule has 3 heteroatoms. The summed E-state index contributed by atoms with van der Waals surface area (Å²) in [6.07, 6.45) is 13.8. The minimum atomic E-state index is 0.440. The van der Waals surface area contributed by atoms with Gasteiger partial charge in [0.1, 0.15) is 0 Å². The normalized spacial score (nSPS) is 33.7. The first-order valence-corrected chi connectivity index (χ1v) is 9.31. The Balaban J connectivity index is 1.55. The lowest BCUT2D eigenvalue weighted by Crippen LogP contribution is -2.50. The highest BCUT2D eigenvalue weighted by Gasteiger charge is 2.37. The Bertz CT molecular complexity index is 337. The van der Waals surface area contributed by atoms with E-state index in [9.17, 15) is 4.79 Å². The van der Waals surface area contributed by atoms with Gasteiger partial charge in [-0.2, -0.15) is 0 Å². The van der Waals surface area contributed by atoms with Gasteiger partial charge in [0, 0.05) is 31.1 Å². The second-order valence-electron chi connectivity index (χ2n) is 7.50. The van der Waals surface area contributed by atoms with E-state index >= 15 is 0 Å². The van der Waals surface area contributed by atoms with Crippen LogP contribution in [-0.2, 0) is 4.79 Å². The van der Waals surface area contributed by atoms with Gasteiger partial charge in [0.2, 0.25) is 5.91 Å². The second-order valence-corrected chi connectivity index (χ2v) is 7.50. The molecule has 120 valence electrons. The standard InChI is InChI=1S/C18H32N2O/c1-2-20(17-12-15-9-10-16(13-17)19-15)18(21)11-14-7-5-3-4-6-8-14/h14-17,19H,2-13H2,1H3. The number of hydrogen-bond donors (Lipinski definition) is 1. The number of rotatable bonds is 4. The number of nitrogens with one attached hydrogen (secondary N) is 1. The highest BCUT2D eigenvalue weighted by atomic mass is 16.2. The predicted octanol–water partition coefficient (Wildman–Crippen LogP) is 3.48. The third kappa shape index (κ3) is 3.80. The van der Waals surface area contributed by atoms with E-state index in [1.807, 2.05) is 0 Å². The highest BCUT2D eigenvalue weighted by molar-refractivity contribution is 5.76. The van der Waals surface area contributed by atoms with Gasteiger partial charge in [0.05, 0.1) is 0 Å². The average molecular weight is 292 g/mol. The molecule has 2 heterocycles. The van der Waals surface area contributed by atoms with Crippen LogP contribution in [0.4, 0.5) is 0 Å². The van der Waals surface area contributed by atoms with Gasteiger partial charge in [0.15, 0.2) is 0 Å². The monoisotopic (exact) mass is 292 g/mol. The molecule has 0 aromatic carbocycles. The van der Waals surface area contributed by atoms with Gasteiger partial charge < -0.3 is 10.2 Å². The van der Waals surface area contributed by atoms with Gasteiger partial charge >= 0.3 is 0 Å². The summed E-state index contributed by atoms with van der Waals surface area (Å²) in [7, 11) is 0. The van der Waals surface area contributed by atoms with Crippen LogP contribution in [0.25, 0.3) is 0 Å². The number of piperidine rings is 1. The Morgan fingerprint density at radius 3 is 2.19 bits per heavy atom. The second kappa shape index (κ2) is 7.13. The minimum Gasteiger partial charge on any atom is -0.340 e. The molecule has 3 aliphatic rings. The van der Waals surface area contributed by atoms with Crippen LogP contribution in [0.15, 0.2) is 0 Å². The van der Waals surface area contributed by atoms with Crippen LogP contribution < -0.4 is 5.32 Å². The van der Waals surface area contributed by atoms with Crippen molar-refractivity contribution in [3.05, 3.63) is 0 Å². The molecule has 0 aromatic rings. The van der Waals surface area contributed by atoms with Crippen molar-refractivity contribution < 1.29 is 4.79 Å². The number of carbonyl (C=O) groups excluding carboxylic acids is 1. The molecule has 21 heavy (non-hydrogen) atoms. The minimum absolute atomic E-state index is 0.440. The number of fused-ring (bicyclic) bond motifs is 2. The van der Waals surface area contributed by atoms with Gasteiger partial charge in [0.25, 0.3) is 0 Å². The third-order valence-corrected chi connectivity index (χ3v) is 5.99. The van der Waals surface area contributed by atoms with E-state index in [1.165, 1.54) is 64.2 Å². The Labute approximate surface area is 129 Å². The van der Waals surface area contributed by atoms with Crippen molar-refractivity contribution in [2.45, 2.75) is 95.7 Å². The first-order chi connectivity index (χ1) is 10.3. The number of nitrogens with zero attached hydrogens (tertiary/aromatic N) is 1. The molecule has 0 aromatic heterocycles. The largest absolute Gasteiger partial charge is 0.340 e. The molecule has 2 bridgehead atoms. The van der Waals surface area contributed by atoms with Crippen LogP contribution >= 0.6 is 0 Å². The molecular formula is C18H32N2O. The summed E-state index contributed by atoms with van der Waals surface area (Å²) in [6.45, 7) is 3.06. The number of hydrogen-bond acceptors (Lipinski definition) is 2. The predicted molar refractivity (Wildman–Crippen MR) is 86.2 cm³/mol. The van der Waals surface area contributed by atoms with Gasteiger partial charge in [-0.3, -0.25) is 4.79 Å². The van der Waals surface area contributed by atoms with Crippen molar-refractivity contribution in [1.29, 1.82) is 0 Å². The van der Waals surface area contributed by atoms with Crippen molar-refractivity contribution in [1.82, 2.24) is 10.2 Å². The van der Waals surface area contributed by atoms with Crippen molar-refractivity contribution in [3.63, 3.8) is 0 Å². The van der Waals surface area contributed by atoms with E-state index in [4.69, 9.17) is 0 Å². The van der Waals surface area contributed by atoms with Crippen LogP contribution in [0, 0.1) is 5.92 Å². The molecule has 1 saturated carbocycles. The zero-order valence-corrected chi connectivity index (χ0v) is 13.7. The van der Waals surface area contributed by atoms with Gasteiger partial charge in [-0.05, 0) is 51.4 Å². The molecular weight excluding hydrogens is 260 g/mol. The fraction of sp³-hybridized carbons (Fsp3) is 0.944. The molecule has 0 spiro atoms. The van der Waals surface area contributed by atoms with Crippen LogP contribution in [0.2, 0.25) is 0 Å². The molecule has 1 amide bonds. The maximum Gasteiger partial charge on any atom is 0.223 e. The van der Waals surface area contributed by atoms with Gasteiger partial charge in [-0.15, -0.1) is 0 Å². The lowest BCUT2D eigenvalue weighted by molar-refractivity contribution is -0.135. The van der Waals surface area contributed by atoms with E-state index in [0.717, 1.165) is 13.0 Å². The third-order valence-electron chi connectivity index (χ3n) is 5.99. The zero-order chi connectivity index (χ0) is 14.7. The summed E-state index contributed by atoms with van der Waals surface area (Å²) in [5.41, 5.74) is 0. The van der Waals surface area contributed by atoms with Crippen molar-refractivity contribution in [2.75, 3.05) is 6.54 Å². The van der Waals surface area contributed by atoms with E-state index in [0.29, 0.717) is 30.0 Å². The first kappa shape index (κ1) is 15.3. The Morgan fingerprint density at radius 2 is 1.62 bits per heavy atom. The van der Waals surface area contributed by atoms with E-state index in [1.54, 1.807) is 0 Å². The fourth-order valence-electron chi connectivity index (χ4n) is 4.85. The summed E-state index contributed by atoms with van der Waals surface area (Å²) in [6, 6.07) is 1.86. The molecule has 3 nitrogen and oxygen atoms in total. The molecule has 2 saturated heterocycles. The summed E-state index contributed by atoms with van der Waals surface area (Å²) in [5, 5.41) is 3.69. The molecule has 2 atom stereocenters. The van der Waals surface area contributed by atoms with Crippen LogP contribution in [0.1, 0.15) is 77.6 Å². The molecule has 2 unspecified atom stereocenters. The van der Waals surface area contributed by atoms with Crippen LogP contribution in [0.5, 0.6) is 0 Å². The molecule has 1 aliphatic carbocycles. The Hall–Kier alpha value is -0.570. The Morgan fingerprint density at radius 1 is 1.00 bits per heavy atom. The van der Waals surface area contributed by atoms with Crippen LogP contribution in [-0.4, -0.2) is 35.5 Å². The Kier molecular flexibility index (Phi) is 5.20. The average Bonchev–Trinajstić information content (AvgIpc) is 2.67. The summed E-state index contributed by atoms with van der Waals surface area (Å²) in [5.74, 6) is 1.10. The number of carbonyl (C=O) groups is 1. The topological polar surface area (TPSA) is 32.3 Å². The summed E-state index contributed by atoms with van der Waals surface area (Å²) >= 11 is 0. The van der Waals surface area contributed by atoms with Crippen LogP contribution in [0.3, 0.4) is 0 Å². The molecule has 1 N–H and O–H groups in total. The lowest BCUT2D eigenvalue weighted by Gasteiger charge is -2.38. The lowest BCUT2D eigenvalue weighted by atomic mass is 9.93. The summed E-state index contributed by atoms with van der Waals surface area (Å²) < 4.78 is 0. The summed E-state index contributed by atoms with van der Waals surface area (Å²) in [4.78, 5) is 15.0. The van der Waals surface area contributed by atoms with Crippen molar-refractivity contribution >= 4 is 5.91 Å². The molecule has 2 aliphatic heterocycles. The molecule has 3 rings (SSSR count). The van der Waals surface area contributed by atoms with E-state index in [2.05, 4.69) is 17.1 Å². The van der Waals surface area contributed by atoms with Crippen molar-refractivity contribution in [2.24, 2.45) is 5.92 Å². The SMILES string of the molecule is CCN(C(=O)CC1CCCCCC1)C1CC2CCC(C1)N2. The number of amides is 1. The fourth-order valence-corrected chi connectivity index (χ4v) is 4.85. The van der Waals surface area contributed by atoms with Crippen molar-refractivity contribution in [3.8, 4) is 0 Å². The molecule has 3 fully saturated rings. The maximum absolute atomic E-state index is 12.8. The van der Waals surface area contributed by atoms with E-state index in [-0.39, 0.29) is 0 Å². The maximum atomic E-state index is 12.8. The zero-order valence-electron chi connectivity index (χ0n) is 13.7.